The standard InChI is InChI=1S/C10H13NO3S/c1-8(13)11-4-5-15-7-10-3-2-9(6-12)14-10/h2-3,6H,4-5,7H2,1H3,(H,11,13). The molecule has 0 aliphatic heterocycles. The van der Waals surface area contributed by atoms with Gasteiger partial charge >= 0.3 is 0 Å². The van der Waals surface area contributed by atoms with E-state index in [1.807, 2.05) is 0 Å². The molecule has 0 unspecified atom stereocenters. The van der Waals surface area contributed by atoms with E-state index in [0.717, 1.165) is 11.5 Å². The zero-order chi connectivity index (χ0) is 11.1. The van der Waals surface area contributed by atoms with E-state index in [1.165, 1.54) is 6.92 Å². The molecular formula is C10H13NO3S. The van der Waals surface area contributed by atoms with Crippen LogP contribution < -0.4 is 5.32 Å². The maximum absolute atomic E-state index is 10.5. The van der Waals surface area contributed by atoms with Crippen LogP contribution in [-0.2, 0) is 10.5 Å². The number of hydrogen-bond acceptors (Lipinski definition) is 4. The lowest BCUT2D eigenvalue weighted by atomic mass is 10.4. The average molecular weight is 227 g/mol. The average Bonchev–Trinajstić information content (AvgIpc) is 2.65. The molecule has 0 radical (unpaired) electrons. The second-order valence-corrected chi connectivity index (χ2v) is 4.06. The molecule has 0 saturated carbocycles. The number of furan rings is 1. The molecule has 4 nitrogen and oxygen atoms in total. The molecule has 82 valence electrons. The first-order valence-corrected chi connectivity index (χ1v) is 5.74. The Bertz CT molecular complexity index is 335. The fraction of sp³-hybridized carbons (Fsp3) is 0.400. The molecule has 5 heteroatoms. The Morgan fingerprint density at radius 3 is 3.00 bits per heavy atom. The zero-order valence-electron chi connectivity index (χ0n) is 8.49. The molecule has 1 aromatic rings. The van der Waals surface area contributed by atoms with Gasteiger partial charge in [-0.15, -0.1) is 0 Å². The number of aldehydes is 1. The highest BCUT2D eigenvalue weighted by molar-refractivity contribution is 7.98. The predicted molar refractivity (Wildman–Crippen MR) is 58.9 cm³/mol. The van der Waals surface area contributed by atoms with Gasteiger partial charge in [0.2, 0.25) is 5.91 Å². The lowest BCUT2D eigenvalue weighted by Gasteiger charge is -2.00. The minimum absolute atomic E-state index is 0.0168. The van der Waals surface area contributed by atoms with Gasteiger partial charge in [0.1, 0.15) is 5.76 Å². The van der Waals surface area contributed by atoms with E-state index in [-0.39, 0.29) is 5.91 Å². The highest BCUT2D eigenvalue weighted by atomic mass is 32.2. The number of carbonyl (C=O) groups excluding carboxylic acids is 2. The molecule has 0 aliphatic rings. The quantitative estimate of drug-likeness (QED) is 0.590. The van der Waals surface area contributed by atoms with Gasteiger partial charge in [-0.2, -0.15) is 11.8 Å². The third-order valence-corrected chi connectivity index (χ3v) is 2.64. The summed E-state index contributed by atoms with van der Waals surface area (Å²) in [7, 11) is 0. The first-order valence-electron chi connectivity index (χ1n) is 4.58. The van der Waals surface area contributed by atoms with Crippen LogP contribution in [0.1, 0.15) is 23.2 Å². The lowest BCUT2D eigenvalue weighted by molar-refractivity contribution is -0.118. The van der Waals surface area contributed by atoms with E-state index in [0.29, 0.717) is 24.3 Å². The molecule has 0 aromatic carbocycles. The summed E-state index contributed by atoms with van der Waals surface area (Å²) in [4.78, 5) is 20.9. The smallest absolute Gasteiger partial charge is 0.216 e. The number of carbonyl (C=O) groups is 2. The third kappa shape index (κ3) is 4.69. The van der Waals surface area contributed by atoms with Crippen molar-refractivity contribution in [1.82, 2.24) is 5.32 Å². The van der Waals surface area contributed by atoms with Crippen molar-refractivity contribution in [2.75, 3.05) is 12.3 Å². The summed E-state index contributed by atoms with van der Waals surface area (Å²) in [6.45, 7) is 2.15. The van der Waals surface area contributed by atoms with E-state index in [4.69, 9.17) is 4.42 Å². The van der Waals surface area contributed by atoms with Crippen LogP contribution in [0.15, 0.2) is 16.5 Å². The summed E-state index contributed by atoms with van der Waals surface area (Å²) in [6, 6.07) is 3.44. The Hall–Kier alpha value is -1.23. The molecule has 0 atom stereocenters. The monoisotopic (exact) mass is 227 g/mol. The van der Waals surface area contributed by atoms with Gasteiger partial charge in [-0.25, -0.2) is 0 Å². The lowest BCUT2D eigenvalue weighted by Crippen LogP contribution is -2.22. The molecule has 1 amide bonds. The van der Waals surface area contributed by atoms with Gasteiger partial charge < -0.3 is 9.73 Å². The van der Waals surface area contributed by atoms with Gasteiger partial charge in [-0.1, -0.05) is 0 Å². The number of thioether (sulfide) groups is 1. The fourth-order valence-corrected chi connectivity index (χ4v) is 1.75. The Balaban J connectivity index is 2.14. The number of nitrogens with one attached hydrogen (secondary N) is 1. The van der Waals surface area contributed by atoms with E-state index in [2.05, 4.69) is 5.32 Å². The summed E-state index contributed by atoms with van der Waals surface area (Å²) in [5.74, 6) is 2.67. The van der Waals surface area contributed by atoms with E-state index < -0.39 is 0 Å². The molecule has 1 heterocycles. The van der Waals surface area contributed by atoms with Crippen LogP contribution >= 0.6 is 11.8 Å². The molecule has 0 spiro atoms. The Kier molecular flexibility index (Phi) is 4.97. The maximum atomic E-state index is 10.5. The van der Waals surface area contributed by atoms with Crippen LogP contribution in [0.25, 0.3) is 0 Å². The molecule has 0 fully saturated rings. The van der Waals surface area contributed by atoms with Gasteiger partial charge in [0.25, 0.3) is 0 Å². The summed E-state index contributed by atoms with van der Waals surface area (Å²) >= 11 is 1.65. The topological polar surface area (TPSA) is 59.3 Å². The first kappa shape index (κ1) is 11.8. The van der Waals surface area contributed by atoms with E-state index in [9.17, 15) is 9.59 Å². The Labute approximate surface area is 92.4 Å². The third-order valence-electron chi connectivity index (χ3n) is 1.66. The van der Waals surface area contributed by atoms with Gasteiger partial charge in [-0.05, 0) is 12.1 Å². The van der Waals surface area contributed by atoms with E-state index >= 15 is 0 Å². The molecule has 1 aromatic heterocycles. The highest BCUT2D eigenvalue weighted by Crippen LogP contribution is 2.13. The van der Waals surface area contributed by atoms with Crippen LogP contribution in [0, 0.1) is 0 Å². The first-order chi connectivity index (χ1) is 7.22. The van der Waals surface area contributed by atoms with Crippen LogP contribution in [0.5, 0.6) is 0 Å². The van der Waals surface area contributed by atoms with Crippen molar-refractivity contribution in [3.05, 3.63) is 23.7 Å². The Morgan fingerprint density at radius 1 is 1.60 bits per heavy atom. The van der Waals surface area contributed by atoms with Crippen molar-refractivity contribution in [3.8, 4) is 0 Å². The number of hydrogen-bond donors (Lipinski definition) is 1. The molecule has 0 bridgehead atoms. The van der Waals surface area contributed by atoms with Crippen molar-refractivity contribution in [1.29, 1.82) is 0 Å². The largest absolute Gasteiger partial charge is 0.457 e. The normalized spacial score (nSPS) is 9.93. The molecule has 1 rings (SSSR count). The SMILES string of the molecule is CC(=O)NCCSCc1ccc(C=O)o1. The van der Waals surface area contributed by atoms with Crippen molar-refractivity contribution >= 4 is 24.0 Å². The molecule has 0 saturated heterocycles. The van der Waals surface area contributed by atoms with Crippen molar-refractivity contribution < 1.29 is 14.0 Å². The Morgan fingerprint density at radius 2 is 2.40 bits per heavy atom. The predicted octanol–water partition coefficient (Wildman–Crippen LogP) is 1.46. The van der Waals surface area contributed by atoms with Crippen molar-refractivity contribution in [2.24, 2.45) is 0 Å². The zero-order valence-corrected chi connectivity index (χ0v) is 9.30. The number of rotatable bonds is 6. The van der Waals surface area contributed by atoms with Crippen LogP contribution in [0.2, 0.25) is 0 Å². The summed E-state index contributed by atoms with van der Waals surface area (Å²) in [5.41, 5.74) is 0. The fourth-order valence-electron chi connectivity index (χ4n) is 1.01. The van der Waals surface area contributed by atoms with Gasteiger partial charge in [0.15, 0.2) is 12.0 Å². The maximum Gasteiger partial charge on any atom is 0.216 e. The summed E-state index contributed by atoms with van der Waals surface area (Å²) in [5, 5.41) is 2.70. The summed E-state index contributed by atoms with van der Waals surface area (Å²) < 4.78 is 5.18. The second kappa shape index (κ2) is 6.29. The minimum atomic E-state index is -0.0168. The summed E-state index contributed by atoms with van der Waals surface area (Å²) in [6.07, 6.45) is 0.686. The van der Waals surface area contributed by atoms with Crippen LogP contribution in [0.3, 0.4) is 0 Å². The van der Waals surface area contributed by atoms with Crippen LogP contribution in [-0.4, -0.2) is 24.5 Å². The van der Waals surface area contributed by atoms with Crippen LogP contribution in [0.4, 0.5) is 0 Å². The molecular weight excluding hydrogens is 214 g/mol. The second-order valence-electron chi connectivity index (χ2n) is 2.96. The van der Waals surface area contributed by atoms with E-state index in [1.54, 1.807) is 23.9 Å². The van der Waals surface area contributed by atoms with Crippen molar-refractivity contribution in [2.45, 2.75) is 12.7 Å². The minimum Gasteiger partial charge on any atom is -0.457 e. The highest BCUT2D eigenvalue weighted by Gasteiger charge is 2.00. The molecule has 15 heavy (non-hydrogen) atoms. The van der Waals surface area contributed by atoms with Gasteiger partial charge in [0, 0.05) is 19.2 Å². The van der Waals surface area contributed by atoms with Gasteiger partial charge in [-0.3, -0.25) is 9.59 Å². The number of amides is 1. The molecule has 1 N–H and O–H groups in total. The van der Waals surface area contributed by atoms with Gasteiger partial charge in [0.05, 0.1) is 5.75 Å². The molecule has 0 aliphatic carbocycles. The van der Waals surface area contributed by atoms with Crippen molar-refractivity contribution in [3.63, 3.8) is 0 Å².